The summed E-state index contributed by atoms with van der Waals surface area (Å²) in [6, 6.07) is -0.717. The van der Waals surface area contributed by atoms with Crippen LogP contribution in [0.15, 0.2) is 0 Å². The van der Waals surface area contributed by atoms with Crippen molar-refractivity contribution in [2.24, 2.45) is 0 Å². The zero-order valence-electron chi connectivity index (χ0n) is 9.38. The number of nitrogens with one attached hydrogen (secondary N) is 2. The first-order chi connectivity index (χ1) is 7.54. The molecule has 0 aromatic rings. The molecule has 0 fully saturated rings. The van der Waals surface area contributed by atoms with Crippen LogP contribution in [0, 0.1) is 0 Å². The van der Waals surface area contributed by atoms with E-state index in [-0.39, 0.29) is 18.3 Å². The zero-order valence-corrected chi connectivity index (χ0v) is 10.1. The van der Waals surface area contributed by atoms with Crippen molar-refractivity contribution in [3.63, 3.8) is 0 Å². The molecule has 0 radical (unpaired) electrons. The minimum absolute atomic E-state index is 0.136. The monoisotopic (exact) mass is 249 g/mol. The zero-order chi connectivity index (χ0) is 12.6. The highest BCUT2D eigenvalue weighted by molar-refractivity contribution is 6.28. The average molecular weight is 250 g/mol. The van der Waals surface area contributed by atoms with Gasteiger partial charge in [0, 0.05) is 13.1 Å². The highest BCUT2D eigenvalue weighted by atomic mass is 35.5. The van der Waals surface area contributed by atoms with Crippen LogP contribution in [0.1, 0.15) is 13.8 Å². The van der Waals surface area contributed by atoms with Crippen LogP contribution in [0.5, 0.6) is 0 Å². The second-order valence-corrected chi connectivity index (χ2v) is 3.20. The summed E-state index contributed by atoms with van der Waals surface area (Å²) in [5.41, 5.74) is 0. The number of likely N-dealkylation sites (N-methyl/N-ethyl adjacent to an activating group) is 1. The van der Waals surface area contributed by atoms with Crippen molar-refractivity contribution in [1.29, 1.82) is 0 Å². The molecular formula is C9H16ClN3O3. The van der Waals surface area contributed by atoms with E-state index in [1.807, 2.05) is 19.2 Å². The number of imide groups is 1. The van der Waals surface area contributed by atoms with Gasteiger partial charge in [-0.2, -0.15) is 0 Å². The molecule has 0 saturated carbocycles. The fraction of sp³-hybridized carbons (Fsp3) is 0.667. The molecule has 0 saturated heterocycles. The fourth-order valence-electron chi connectivity index (χ4n) is 1.05. The van der Waals surface area contributed by atoms with Crippen LogP contribution >= 0.6 is 11.6 Å². The van der Waals surface area contributed by atoms with E-state index in [9.17, 15) is 14.4 Å². The van der Waals surface area contributed by atoms with E-state index in [0.29, 0.717) is 13.1 Å². The molecule has 0 spiro atoms. The molecule has 2 N–H and O–H groups in total. The van der Waals surface area contributed by atoms with E-state index in [4.69, 9.17) is 11.6 Å². The van der Waals surface area contributed by atoms with E-state index in [0.717, 1.165) is 0 Å². The van der Waals surface area contributed by atoms with Gasteiger partial charge in [-0.1, -0.05) is 0 Å². The molecule has 0 aromatic carbocycles. The van der Waals surface area contributed by atoms with Crippen LogP contribution < -0.4 is 10.6 Å². The number of hydrogen-bond donors (Lipinski definition) is 2. The van der Waals surface area contributed by atoms with Gasteiger partial charge in [-0.05, 0) is 13.8 Å². The molecule has 0 rings (SSSR count). The maximum absolute atomic E-state index is 11.4. The van der Waals surface area contributed by atoms with Gasteiger partial charge in [0.05, 0.1) is 6.54 Å². The van der Waals surface area contributed by atoms with Gasteiger partial charge in [0.1, 0.15) is 5.88 Å². The lowest BCUT2D eigenvalue weighted by atomic mass is 10.4. The molecule has 0 aliphatic heterocycles. The number of halogens is 1. The number of nitrogens with zero attached hydrogens (tertiary/aromatic N) is 1. The van der Waals surface area contributed by atoms with Crippen molar-refractivity contribution in [2.45, 2.75) is 13.8 Å². The van der Waals surface area contributed by atoms with Gasteiger partial charge in [-0.15, -0.1) is 11.6 Å². The standard InChI is InChI=1S/C9H16ClN3O3/c1-3-13(4-2)8(15)6-11-9(16)12-7(14)5-10/h3-6H2,1-2H3,(H2,11,12,14,16). The number of hydrogen-bond acceptors (Lipinski definition) is 3. The lowest BCUT2D eigenvalue weighted by molar-refractivity contribution is -0.129. The Balaban J connectivity index is 3.91. The Kier molecular flexibility index (Phi) is 7.28. The van der Waals surface area contributed by atoms with Crippen LogP contribution in [0.4, 0.5) is 4.79 Å². The lowest BCUT2D eigenvalue weighted by Gasteiger charge is -2.18. The molecule has 16 heavy (non-hydrogen) atoms. The highest BCUT2D eigenvalue weighted by Crippen LogP contribution is 1.87. The van der Waals surface area contributed by atoms with Crippen LogP contribution in [-0.4, -0.2) is 48.3 Å². The molecule has 0 aromatic heterocycles. The first-order valence-corrected chi connectivity index (χ1v) is 5.50. The van der Waals surface area contributed by atoms with Crippen LogP contribution in [0.3, 0.4) is 0 Å². The molecule has 0 atom stereocenters. The van der Waals surface area contributed by atoms with Crippen molar-refractivity contribution in [3.8, 4) is 0 Å². The highest BCUT2D eigenvalue weighted by Gasteiger charge is 2.11. The molecule has 7 heteroatoms. The van der Waals surface area contributed by atoms with Gasteiger partial charge in [0.15, 0.2) is 0 Å². The molecule has 4 amide bonds. The Bertz CT molecular complexity index is 267. The maximum atomic E-state index is 11.4. The summed E-state index contributed by atoms with van der Waals surface area (Å²) in [5.74, 6) is -1.09. The van der Waals surface area contributed by atoms with E-state index in [1.165, 1.54) is 0 Å². The quantitative estimate of drug-likeness (QED) is 0.669. The molecule has 92 valence electrons. The Morgan fingerprint density at radius 1 is 1.19 bits per heavy atom. The van der Waals surface area contributed by atoms with E-state index in [2.05, 4.69) is 5.32 Å². The third-order valence-corrected chi connectivity index (χ3v) is 2.13. The van der Waals surface area contributed by atoms with Crippen molar-refractivity contribution in [3.05, 3.63) is 0 Å². The second-order valence-electron chi connectivity index (χ2n) is 2.93. The molecule has 0 bridgehead atoms. The largest absolute Gasteiger partial charge is 0.342 e. The van der Waals surface area contributed by atoms with Crippen molar-refractivity contribution in [1.82, 2.24) is 15.5 Å². The molecule has 0 aliphatic carbocycles. The number of amides is 4. The molecule has 0 aliphatic rings. The van der Waals surface area contributed by atoms with E-state index in [1.54, 1.807) is 4.90 Å². The predicted octanol–water partition coefficient (Wildman–Crippen LogP) is -0.0806. The van der Waals surface area contributed by atoms with Gasteiger partial charge in [-0.3, -0.25) is 14.9 Å². The van der Waals surface area contributed by atoms with Gasteiger partial charge in [0.25, 0.3) is 0 Å². The molecule has 0 unspecified atom stereocenters. The normalized spacial score (nSPS) is 9.44. The number of rotatable bonds is 5. The minimum atomic E-state index is -0.717. The van der Waals surface area contributed by atoms with Crippen LogP contribution in [0.25, 0.3) is 0 Å². The second kappa shape index (κ2) is 7.92. The predicted molar refractivity (Wildman–Crippen MR) is 60.2 cm³/mol. The first kappa shape index (κ1) is 14.7. The number of carbonyl (C=O) groups excluding carboxylic acids is 3. The number of carbonyl (C=O) groups is 3. The van der Waals surface area contributed by atoms with Crippen LogP contribution in [0.2, 0.25) is 0 Å². The summed E-state index contributed by atoms with van der Waals surface area (Å²) in [6.45, 7) is 4.72. The van der Waals surface area contributed by atoms with Gasteiger partial charge in [0.2, 0.25) is 11.8 Å². The third-order valence-electron chi connectivity index (χ3n) is 1.89. The van der Waals surface area contributed by atoms with E-state index >= 15 is 0 Å². The van der Waals surface area contributed by atoms with Crippen molar-refractivity contribution < 1.29 is 14.4 Å². The summed E-state index contributed by atoms with van der Waals surface area (Å²) in [4.78, 5) is 34.8. The summed E-state index contributed by atoms with van der Waals surface area (Å²) in [6.07, 6.45) is 0. The molecule has 0 heterocycles. The Hall–Kier alpha value is -1.30. The molecule has 6 nitrogen and oxygen atoms in total. The summed E-state index contributed by atoms with van der Waals surface area (Å²) < 4.78 is 0. The fourth-order valence-corrected chi connectivity index (χ4v) is 1.12. The topological polar surface area (TPSA) is 78.5 Å². The maximum Gasteiger partial charge on any atom is 0.321 e. The van der Waals surface area contributed by atoms with Crippen molar-refractivity contribution in [2.75, 3.05) is 25.5 Å². The number of alkyl halides is 1. The number of urea groups is 1. The summed E-state index contributed by atoms with van der Waals surface area (Å²) in [7, 11) is 0. The minimum Gasteiger partial charge on any atom is -0.342 e. The van der Waals surface area contributed by atoms with Gasteiger partial charge < -0.3 is 10.2 Å². The SMILES string of the molecule is CCN(CC)C(=O)CNC(=O)NC(=O)CCl. The van der Waals surface area contributed by atoms with Gasteiger partial charge in [-0.25, -0.2) is 4.79 Å². The lowest BCUT2D eigenvalue weighted by Crippen LogP contribution is -2.45. The van der Waals surface area contributed by atoms with Gasteiger partial charge >= 0.3 is 6.03 Å². The average Bonchev–Trinajstić information content (AvgIpc) is 2.27. The van der Waals surface area contributed by atoms with Crippen LogP contribution in [-0.2, 0) is 9.59 Å². The smallest absolute Gasteiger partial charge is 0.321 e. The summed E-state index contributed by atoms with van der Waals surface area (Å²) >= 11 is 5.19. The van der Waals surface area contributed by atoms with E-state index < -0.39 is 11.9 Å². The first-order valence-electron chi connectivity index (χ1n) is 4.96. The van der Waals surface area contributed by atoms with Crippen molar-refractivity contribution >= 4 is 29.4 Å². The Labute approximate surface area is 99.3 Å². The Morgan fingerprint density at radius 2 is 1.75 bits per heavy atom. The third kappa shape index (κ3) is 5.55. The molecular weight excluding hydrogens is 234 g/mol. The summed E-state index contributed by atoms with van der Waals surface area (Å²) in [5, 5.41) is 4.24. The Morgan fingerprint density at radius 3 is 2.19 bits per heavy atom.